The summed E-state index contributed by atoms with van der Waals surface area (Å²) in [5.74, 6) is -0.250. The van der Waals surface area contributed by atoms with Gasteiger partial charge in [-0.1, -0.05) is 24.3 Å². The maximum atomic E-state index is 11.9. The molecule has 26 heavy (non-hydrogen) atoms. The second-order valence-corrected chi connectivity index (χ2v) is 5.69. The molecule has 0 aliphatic heterocycles. The summed E-state index contributed by atoms with van der Waals surface area (Å²) in [5.41, 5.74) is 6.01. The van der Waals surface area contributed by atoms with Gasteiger partial charge in [0.05, 0.1) is 6.54 Å². The highest BCUT2D eigenvalue weighted by molar-refractivity contribution is 5.96. The molecule has 2 aromatic carbocycles. The third-order valence-corrected chi connectivity index (χ3v) is 3.70. The molecule has 0 bridgehead atoms. The van der Waals surface area contributed by atoms with Gasteiger partial charge < -0.3 is 25.3 Å². The van der Waals surface area contributed by atoms with E-state index in [0.29, 0.717) is 22.7 Å². The number of furan rings is 1. The van der Waals surface area contributed by atoms with E-state index in [4.69, 9.17) is 14.9 Å². The van der Waals surface area contributed by atoms with Crippen LogP contribution in [-0.4, -0.2) is 30.1 Å². The van der Waals surface area contributed by atoms with Gasteiger partial charge in [0.2, 0.25) is 5.91 Å². The summed E-state index contributed by atoms with van der Waals surface area (Å²) in [6, 6.07) is 15.6. The number of aliphatic hydroxyl groups is 1. The van der Waals surface area contributed by atoms with Crippen molar-refractivity contribution in [1.29, 1.82) is 0 Å². The van der Waals surface area contributed by atoms with Gasteiger partial charge in [0.15, 0.2) is 0 Å². The number of para-hydroxylation sites is 1. The third-order valence-electron chi connectivity index (χ3n) is 3.70. The lowest BCUT2D eigenvalue weighted by molar-refractivity contribution is -0.117. The number of hydrogen-bond donors (Lipinski definition) is 3. The molecule has 7 heteroatoms. The fraction of sp³-hybridized carbons (Fsp3) is 0.158. The van der Waals surface area contributed by atoms with Crippen LogP contribution in [0.4, 0.5) is 0 Å². The summed E-state index contributed by atoms with van der Waals surface area (Å²) in [5, 5.41) is 13.6. The highest BCUT2D eigenvalue weighted by Crippen LogP contribution is 2.24. The van der Waals surface area contributed by atoms with Crippen molar-refractivity contribution in [2.24, 2.45) is 5.73 Å². The van der Waals surface area contributed by atoms with E-state index in [0.717, 1.165) is 5.39 Å². The van der Waals surface area contributed by atoms with Crippen LogP contribution in [0.2, 0.25) is 0 Å². The highest BCUT2D eigenvalue weighted by Gasteiger charge is 2.15. The lowest BCUT2D eigenvalue weighted by Gasteiger charge is -2.11. The molecule has 0 unspecified atom stereocenters. The number of hydrogen-bond acceptors (Lipinski definition) is 5. The number of nitrogens with one attached hydrogen (secondary N) is 1. The van der Waals surface area contributed by atoms with Gasteiger partial charge in [-0.25, -0.2) is 0 Å². The van der Waals surface area contributed by atoms with Crippen LogP contribution in [0.25, 0.3) is 11.0 Å². The average molecular weight is 354 g/mol. The molecule has 3 aromatic rings. The zero-order chi connectivity index (χ0) is 18.5. The molecule has 1 heterocycles. The molecule has 0 saturated carbocycles. The van der Waals surface area contributed by atoms with Crippen molar-refractivity contribution in [3.8, 4) is 5.75 Å². The van der Waals surface area contributed by atoms with E-state index < -0.39 is 17.9 Å². The Morgan fingerprint density at radius 2 is 1.96 bits per heavy atom. The number of fused-ring (bicyclic) bond motifs is 1. The number of carbonyl (C=O) groups is 2. The molecule has 3 rings (SSSR count). The topological polar surface area (TPSA) is 115 Å². The summed E-state index contributed by atoms with van der Waals surface area (Å²) in [6.45, 7) is -0.277. The van der Waals surface area contributed by atoms with Crippen LogP contribution in [0.3, 0.4) is 0 Å². The Morgan fingerprint density at radius 1 is 1.15 bits per heavy atom. The van der Waals surface area contributed by atoms with Crippen LogP contribution in [-0.2, 0) is 4.79 Å². The molecule has 0 aliphatic carbocycles. The van der Waals surface area contributed by atoms with Crippen LogP contribution in [0, 0.1) is 0 Å². The lowest BCUT2D eigenvalue weighted by atomic mass is 10.2. The second-order valence-electron chi connectivity index (χ2n) is 5.69. The van der Waals surface area contributed by atoms with Crippen molar-refractivity contribution < 1.29 is 23.8 Å². The van der Waals surface area contributed by atoms with Gasteiger partial charge >= 0.3 is 0 Å². The average Bonchev–Trinajstić information content (AvgIpc) is 3.08. The first-order chi connectivity index (χ1) is 12.5. The SMILES string of the molecule is NC(=O)CNC(=O)c1cccc(OC[C@@H](O)c2cc3ccccc3o2)c1. The number of ether oxygens (including phenoxy) is 1. The Hall–Kier alpha value is -3.32. The molecule has 0 aliphatic rings. The first kappa shape index (κ1) is 17.5. The minimum absolute atomic E-state index is 0.0355. The molecule has 1 atom stereocenters. The van der Waals surface area contributed by atoms with Gasteiger partial charge in [0, 0.05) is 10.9 Å². The second kappa shape index (κ2) is 7.71. The number of rotatable bonds is 7. The molecule has 0 spiro atoms. The zero-order valence-electron chi connectivity index (χ0n) is 13.8. The van der Waals surface area contributed by atoms with E-state index >= 15 is 0 Å². The Balaban J connectivity index is 1.62. The molecular weight excluding hydrogens is 336 g/mol. The van der Waals surface area contributed by atoms with Crippen molar-refractivity contribution >= 4 is 22.8 Å². The number of benzene rings is 2. The Bertz CT molecular complexity index is 901. The van der Waals surface area contributed by atoms with Gasteiger partial charge in [0.25, 0.3) is 5.91 Å². The number of carbonyl (C=O) groups excluding carboxylic acids is 2. The first-order valence-corrected chi connectivity index (χ1v) is 7.99. The minimum atomic E-state index is -0.949. The summed E-state index contributed by atoms with van der Waals surface area (Å²) in [7, 11) is 0. The first-order valence-electron chi connectivity index (χ1n) is 7.99. The predicted molar refractivity (Wildman–Crippen MR) is 94.6 cm³/mol. The molecule has 0 radical (unpaired) electrons. The van der Waals surface area contributed by atoms with Crippen LogP contribution < -0.4 is 15.8 Å². The van der Waals surface area contributed by atoms with E-state index in [1.807, 2.05) is 24.3 Å². The molecule has 4 N–H and O–H groups in total. The normalized spacial score (nSPS) is 11.9. The quantitative estimate of drug-likeness (QED) is 0.598. The van der Waals surface area contributed by atoms with E-state index in [1.165, 1.54) is 6.07 Å². The molecule has 134 valence electrons. The smallest absolute Gasteiger partial charge is 0.251 e. The molecule has 1 aromatic heterocycles. The van der Waals surface area contributed by atoms with Gasteiger partial charge in [-0.15, -0.1) is 0 Å². The molecular formula is C19H18N2O5. The van der Waals surface area contributed by atoms with Crippen LogP contribution in [0.15, 0.2) is 59.0 Å². The van der Waals surface area contributed by atoms with Crippen LogP contribution >= 0.6 is 0 Å². The van der Waals surface area contributed by atoms with Crippen molar-refractivity contribution in [2.75, 3.05) is 13.2 Å². The van der Waals surface area contributed by atoms with Crippen LogP contribution in [0.1, 0.15) is 22.2 Å². The van der Waals surface area contributed by atoms with Crippen molar-refractivity contribution in [1.82, 2.24) is 5.32 Å². The van der Waals surface area contributed by atoms with Crippen molar-refractivity contribution in [2.45, 2.75) is 6.10 Å². The summed E-state index contributed by atoms with van der Waals surface area (Å²) in [4.78, 5) is 22.6. The van der Waals surface area contributed by atoms with Crippen molar-refractivity contribution in [3.63, 3.8) is 0 Å². The summed E-state index contributed by atoms with van der Waals surface area (Å²) in [6.07, 6.45) is -0.949. The van der Waals surface area contributed by atoms with E-state index in [1.54, 1.807) is 24.3 Å². The number of aliphatic hydroxyl groups excluding tert-OH is 1. The van der Waals surface area contributed by atoms with Crippen LogP contribution in [0.5, 0.6) is 5.75 Å². The molecule has 0 fully saturated rings. The summed E-state index contributed by atoms with van der Waals surface area (Å²) < 4.78 is 11.1. The summed E-state index contributed by atoms with van der Waals surface area (Å²) >= 11 is 0. The number of primary amides is 1. The molecule has 2 amide bonds. The van der Waals surface area contributed by atoms with Gasteiger partial charge in [-0.2, -0.15) is 0 Å². The van der Waals surface area contributed by atoms with Gasteiger partial charge in [0.1, 0.15) is 29.8 Å². The Kier molecular flexibility index (Phi) is 5.19. The Morgan fingerprint density at radius 3 is 2.73 bits per heavy atom. The van der Waals surface area contributed by atoms with E-state index in [9.17, 15) is 14.7 Å². The van der Waals surface area contributed by atoms with E-state index in [2.05, 4.69) is 5.32 Å². The largest absolute Gasteiger partial charge is 0.490 e. The predicted octanol–water partition coefficient (Wildman–Crippen LogP) is 1.76. The monoisotopic (exact) mass is 354 g/mol. The van der Waals surface area contributed by atoms with Gasteiger partial charge in [-0.05, 0) is 30.3 Å². The number of nitrogens with two attached hydrogens (primary N) is 1. The van der Waals surface area contributed by atoms with Gasteiger partial charge in [-0.3, -0.25) is 9.59 Å². The lowest BCUT2D eigenvalue weighted by Crippen LogP contribution is -2.33. The Labute approximate surface area is 149 Å². The maximum Gasteiger partial charge on any atom is 0.251 e. The fourth-order valence-corrected chi connectivity index (χ4v) is 2.42. The molecule has 7 nitrogen and oxygen atoms in total. The highest BCUT2D eigenvalue weighted by atomic mass is 16.5. The van der Waals surface area contributed by atoms with E-state index in [-0.39, 0.29) is 13.2 Å². The van der Waals surface area contributed by atoms with Crippen molar-refractivity contribution in [3.05, 3.63) is 65.9 Å². The zero-order valence-corrected chi connectivity index (χ0v) is 13.8. The fourth-order valence-electron chi connectivity index (χ4n) is 2.42. The third kappa shape index (κ3) is 4.20. The molecule has 0 saturated heterocycles. The minimum Gasteiger partial charge on any atom is -0.490 e. The number of amides is 2. The standard InChI is InChI=1S/C19H18N2O5/c20-18(23)10-21-19(24)13-5-3-6-14(8-13)25-11-15(22)17-9-12-4-1-2-7-16(12)26-17/h1-9,15,22H,10-11H2,(H2,20,23)(H,21,24)/t15-/m1/s1. The maximum absolute atomic E-state index is 11.9.